The molecule has 0 aliphatic heterocycles. The van der Waals surface area contributed by atoms with E-state index in [1.165, 1.54) is 16.8 Å². The lowest BCUT2D eigenvalue weighted by atomic mass is 10.2. The van der Waals surface area contributed by atoms with E-state index in [1.54, 1.807) is 18.3 Å². The van der Waals surface area contributed by atoms with Gasteiger partial charge >= 0.3 is 0 Å². The van der Waals surface area contributed by atoms with Crippen LogP contribution in [0.5, 0.6) is 0 Å². The number of nitrogens with one attached hydrogen (secondary N) is 1. The molecule has 0 spiro atoms. The van der Waals surface area contributed by atoms with Gasteiger partial charge in [-0.25, -0.2) is 9.07 Å². The number of thioether (sulfide) groups is 1. The summed E-state index contributed by atoms with van der Waals surface area (Å²) in [5, 5.41) is 8.80. The number of nitrogens with zero attached hydrogens (tertiary/aromatic N) is 3. The van der Waals surface area contributed by atoms with Gasteiger partial charge in [-0.1, -0.05) is 37.3 Å². The van der Waals surface area contributed by atoms with Crippen LogP contribution in [0.1, 0.15) is 25.3 Å². The highest BCUT2D eigenvalue weighted by atomic mass is 32.2. The lowest BCUT2D eigenvalue weighted by molar-refractivity contribution is -0.121. The Labute approximate surface area is 195 Å². The third-order valence-electron chi connectivity index (χ3n) is 5.46. The number of para-hydroxylation sites is 1. The molecule has 0 radical (unpaired) electrons. The second-order valence-corrected chi connectivity index (χ2v) is 9.14. The third-order valence-corrected chi connectivity index (χ3v) is 6.73. The summed E-state index contributed by atoms with van der Waals surface area (Å²) in [6.07, 6.45) is 3.69. The molecule has 4 aromatic rings. The van der Waals surface area contributed by atoms with Gasteiger partial charge in [-0.3, -0.25) is 9.59 Å². The van der Waals surface area contributed by atoms with Crippen LogP contribution in [0.2, 0.25) is 0 Å². The van der Waals surface area contributed by atoms with Gasteiger partial charge in [0.1, 0.15) is 17.9 Å². The Bertz CT molecular complexity index is 1310. The van der Waals surface area contributed by atoms with Gasteiger partial charge in [-0.2, -0.15) is 16.9 Å². The first kappa shape index (κ1) is 23.0. The predicted octanol–water partition coefficient (Wildman–Crippen LogP) is 4.19. The molecule has 1 amide bonds. The number of benzene rings is 2. The van der Waals surface area contributed by atoms with Crippen molar-refractivity contribution in [2.45, 2.75) is 32.9 Å². The Morgan fingerprint density at radius 3 is 2.67 bits per heavy atom. The van der Waals surface area contributed by atoms with Gasteiger partial charge in [0.25, 0.3) is 5.56 Å². The molecule has 0 unspecified atom stereocenters. The molecule has 6 nitrogen and oxygen atoms in total. The molecule has 0 bridgehead atoms. The maximum atomic E-state index is 13.4. The van der Waals surface area contributed by atoms with E-state index in [1.807, 2.05) is 40.6 Å². The van der Waals surface area contributed by atoms with Crippen LogP contribution in [0.15, 0.2) is 59.5 Å². The van der Waals surface area contributed by atoms with Gasteiger partial charge in [0.15, 0.2) is 0 Å². The fourth-order valence-electron chi connectivity index (χ4n) is 3.88. The van der Waals surface area contributed by atoms with Gasteiger partial charge in [0.2, 0.25) is 5.91 Å². The number of carbonyl (C=O) groups excluding carboxylic acids is 1. The molecule has 1 N–H and O–H groups in total. The van der Waals surface area contributed by atoms with Crippen LogP contribution in [0.3, 0.4) is 0 Å². The highest BCUT2D eigenvalue weighted by Crippen LogP contribution is 2.27. The average molecular weight is 467 g/mol. The number of halogens is 1. The topological polar surface area (TPSA) is 68.9 Å². The first-order valence-electron chi connectivity index (χ1n) is 11.1. The number of rotatable bonds is 10. The molecule has 0 fully saturated rings. The van der Waals surface area contributed by atoms with E-state index in [0.29, 0.717) is 18.6 Å². The summed E-state index contributed by atoms with van der Waals surface area (Å²) >= 11 is 1.88. The molecule has 0 saturated heterocycles. The SMILES string of the molecule is CCCSCCCNC(=O)Cn1ncc2c3ccccc3n(Cc3ccc(F)cc3)c2c1=O. The maximum absolute atomic E-state index is 13.4. The summed E-state index contributed by atoms with van der Waals surface area (Å²) in [4.78, 5) is 25.8. The molecule has 2 aromatic carbocycles. The first-order chi connectivity index (χ1) is 16.1. The Morgan fingerprint density at radius 2 is 1.88 bits per heavy atom. The summed E-state index contributed by atoms with van der Waals surface area (Å²) in [5.74, 6) is 1.59. The van der Waals surface area contributed by atoms with Crippen molar-refractivity contribution in [1.29, 1.82) is 0 Å². The van der Waals surface area contributed by atoms with Gasteiger partial charge in [0, 0.05) is 29.4 Å². The number of hydrogen-bond acceptors (Lipinski definition) is 4. The molecular weight excluding hydrogens is 439 g/mol. The van der Waals surface area contributed by atoms with Gasteiger partial charge in [-0.15, -0.1) is 0 Å². The van der Waals surface area contributed by atoms with Gasteiger partial charge in [0.05, 0.1) is 6.20 Å². The van der Waals surface area contributed by atoms with Crippen LogP contribution in [0.4, 0.5) is 4.39 Å². The van der Waals surface area contributed by atoms with Crippen LogP contribution >= 0.6 is 11.8 Å². The normalized spacial score (nSPS) is 11.3. The van der Waals surface area contributed by atoms with E-state index < -0.39 is 0 Å². The molecular formula is C25H27FN4O2S. The summed E-state index contributed by atoms with van der Waals surface area (Å²) < 4.78 is 16.5. The molecule has 172 valence electrons. The quantitative estimate of drug-likeness (QED) is 0.356. The fourth-order valence-corrected chi connectivity index (χ4v) is 4.72. The highest BCUT2D eigenvalue weighted by molar-refractivity contribution is 7.99. The predicted molar refractivity (Wildman–Crippen MR) is 132 cm³/mol. The number of amides is 1. The molecule has 0 aliphatic carbocycles. The van der Waals surface area contributed by atoms with E-state index in [-0.39, 0.29) is 23.8 Å². The summed E-state index contributed by atoms with van der Waals surface area (Å²) in [7, 11) is 0. The molecule has 2 aromatic heterocycles. The minimum Gasteiger partial charge on any atom is -0.354 e. The molecule has 33 heavy (non-hydrogen) atoms. The Morgan fingerprint density at radius 1 is 1.09 bits per heavy atom. The van der Waals surface area contributed by atoms with E-state index in [4.69, 9.17) is 0 Å². The van der Waals surface area contributed by atoms with E-state index in [9.17, 15) is 14.0 Å². The zero-order valence-corrected chi connectivity index (χ0v) is 19.4. The molecule has 0 atom stereocenters. The van der Waals surface area contributed by atoms with Crippen molar-refractivity contribution >= 4 is 39.5 Å². The van der Waals surface area contributed by atoms with Crippen molar-refractivity contribution in [3.63, 3.8) is 0 Å². The first-order valence-corrected chi connectivity index (χ1v) is 12.3. The zero-order valence-electron chi connectivity index (χ0n) is 18.6. The monoisotopic (exact) mass is 466 g/mol. The number of fused-ring (bicyclic) bond motifs is 3. The zero-order chi connectivity index (χ0) is 23.2. The number of carbonyl (C=O) groups is 1. The standard InChI is InChI=1S/C25H27FN4O2S/c1-2-13-33-14-5-12-27-23(31)17-30-25(32)24-21(15-28-30)20-6-3-4-7-22(20)29(24)16-18-8-10-19(26)11-9-18/h3-4,6-11,15H,2,5,12-14,16-17H2,1H3,(H,27,31). The Hall–Kier alpha value is -3.13. The second kappa shape index (κ2) is 10.7. The van der Waals surface area contributed by atoms with E-state index >= 15 is 0 Å². The number of aromatic nitrogens is 3. The Balaban J connectivity index is 1.61. The van der Waals surface area contributed by atoms with Crippen molar-refractivity contribution in [1.82, 2.24) is 19.7 Å². The molecule has 4 rings (SSSR count). The largest absolute Gasteiger partial charge is 0.354 e. The van der Waals surface area contributed by atoms with E-state index in [0.717, 1.165) is 46.2 Å². The minimum absolute atomic E-state index is 0.130. The highest BCUT2D eigenvalue weighted by Gasteiger charge is 2.17. The summed E-state index contributed by atoms with van der Waals surface area (Å²) in [6.45, 7) is 3.01. The summed E-state index contributed by atoms with van der Waals surface area (Å²) in [6, 6.07) is 14.0. The van der Waals surface area contributed by atoms with Gasteiger partial charge in [-0.05, 0) is 48.1 Å². The average Bonchev–Trinajstić information content (AvgIpc) is 3.14. The number of hydrogen-bond donors (Lipinski definition) is 1. The van der Waals surface area contributed by atoms with Crippen LogP contribution < -0.4 is 10.9 Å². The second-order valence-electron chi connectivity index (χ2n) is 7.92. The van der Waals surface area contributed by atoms with Gasteiger partial charge < -0.3 is 9.88 Å². The van der Waals surface area contributed by atoms with Crippen molar-refractivity contribution in [3.05, 3.63) is 76.5 Å². The summed E-state index contributed by atoms with van der Waals surface area (Å²) in [5.41, 5.74) is 1.93. The van der Waals surface area contributed by atoms with Crippen LogP contribution in [0.25, 0.3) is 21.8 Å². The lowest BCUT2D eigenvalue weighted by Crippen LogP contribution is -2.34. The molecule has 0 saturated carbocycles. The molecule has 8 heteroatoms. The van der Waals surface area contributed by atoms with Crippen molar-refractivity contribution < 1.29 is 9.18 Å². The van der Waals surface area contributed by atoms with Crippen molar-refractivity contribution in [2.75, 3.05) is 18.1 Å². The smallest absolute Gasteiger partial charge is 0.291 e. The van der Waals surface area contributed by atoms with Crippen molar-refractivity contribution in [2.24, 2.45) is 0 Å². The molecule has 0 aliphatic rings. The maximum Gasteiger partial charge on any atom is 0.291 e. The lowest BCUT2D eigenvalue weighted by Gasteiger charge is -2.09. The molecule has 2 heterocycles. The van der Waals surface area contributed by atoms with E-state index in [2.05, 4.69) is 17.3 Å². The van der Waals surface area contributed by atoms with Crippen LogP contribution in [0, 0.1) is 5.82 Å². The fraction of sp³-hybridized carbons (Fsp3) is 0.320. The van der Waals surface area contributed by atoms with Crippen molar-refractivity contribution in [3.8, 4) is 0 Å². The van der Waals surface area contributed by atoms with Crippen LogP contribution in [-0.4, -0.2) is 38.3 Å². The Kier molecular flexibility index (Phi) is 7.44. The minimum atomic E-state index is -0.320. The third kappa shape index (κ3) is 5.27. The van der Waals surface area contributed by atoms with Crippen LogP contribution in [-0.2, 0) is 17.9 Å².